The first-order valence-corrected chi connectivity index (χ1v) is 7.77. The number of hydrogen-bond donors (Lipinski definition) is 2. The van der Waals surface area contributed by atoms with Gasteiger partial charge in [0, 0.05) is 6.20 Å². The molecule has 0 radical (unpaired) electrons. The summed E-state index contributed by atoms with van der Waals surface area (Å²) in [5.41, 5.74) is 0.204. The van der Waals surface area contributed by atoms with Crippen molar-refractivity contribution in [1.82, 2.24) is 15.2 Å². The number of H-pyrrole nitrogens is 1. The predicted octanol–water partition coefficient (Wildman–Crippen LogP) is 2.20. The molecule has 1 aromatic carbocycles. The van der Waals surface area contributed by atoms with Crippen LogP contribution in [0.3, 0.4) is 0 Å². The number of pyridine rings is 1. The van der Waals surface area contributed by atoms with Crippen LogP contribution in [0.15, 0.2) is 29.2 Å². The van der Waals surface area contributed by atoms with E-state index in [0.717, 1.165) is 11.4 Å². The van der Waals surface area contributed by atoms with Crippen molar-refractivity contribution in [2.24, 2.45) is 0 Å². The number of aromatic amines is 1. The minimum absolute atomic E-state index is 0.0130. The average Bonchev–Trinajstić information content (AvgIpc) is 3.02. The fourth-order valence-corrected chi connectivity index (χ4v) is 2.85. The number of carbonyl (C=O) groups excluding carboxylic acids is 1. The van der Waals surface area contributed by atoms with Crippen LogP contribution < -0.4 is 15.5 Å². The van der Waals surface area contributed by atoms with Gasteiger partial charge in [0.25, 0.3) is 5.91 Å². The number of ether oxygens (including phenoxy) is 1. The van der Waals surface area contributed by atoms with Crippen molar-refractivity contribution in [3.05, 3.63) is 45.2 Å². The number of aromatic nitrogens is 3. The molecule has 0 aliphatic carbocycles. The van der Waals surface area contributed by atoms with Gasteiger partial charge >= 0.3 is 0 Å². The van der Waals surface area contributed by atoms with Gasteiger partial charge in [0.05, 0.1) is 18.0 Å². The summed E-state index contributed by atoms with van der Waals surface area (Å²) >= 11 is 1.29. The third-order valence-electron chi connectivity index (χ3n) is 3.33. The zero-order valence-electron chi connectivity index (χ0n) is 12.5. The van der Waals surface area contributed by atoms with E-state index in [9.17, 15) is 9.59 Å². The van der Waals surface area contributed by atoms with Crippen LogP contribution in [0.25, 0.3) is 10.9 Å². The lowest BCUT2D eigenvalue weighted by molar-refractivity contribution is 0.102. The van der Waals surface area contributed by atoms with Crippen molar-refractivity contribution >= 4 is 33.3 Å². The molecule has 1 amide bonds. The SMILES string of the molecule is CCc1nnc(NC(=O)c2c[nH]c3c(OC)cccc3c2=O)s1. The van der Waals surface area contributed by atoms with Crippen LogP contribution in [0.5, 0.6) is 5.75 Å². The van der Waals surface area contributed by atoms with Gasteiger partial charge < -0.3 is 9.72 Å². The number of nitrogens with one attached hydrogen (secondary N) is 2. The smallest absolute Gasteiger partial charge is 0.262 e. The molecule has 2 aromatic heterocycles. The largest absolute Gasteiger partial charge is 0.495 e. The molecule has 3 rings (SSSR count). The van der Waals surface area contributed by atoms with Gasteiger partial charge in [0.15, 0.2) is 0 Å². The Morgan fingerprint density at radius 1 is 1.39 bits per heavy atom. The summed E-state index contributed by atoms with van der Waals surface area (Å²) in [5.74, 6) is 0.0260. The Hall–Kier alpha value is -2.74. The van der Waals surface area contributed by atoms with Crippen molar-refractivity contribution in [1.29, 1.82) is 0 Å². The maximum atomic E-state index is 12.5. The molecule has 2 N–H and O–H groups in total. The van der Waals surface area contributed by atoms with E-state index in [1.54, 1.807) is 18.2 Å². The van der Waals surface area contributed by atoms with Crippen molar-refractivity contribution in [3.63, 3.8) is 0 Å². The van der Waals surface area contributed by atoms with E-state index in [0.29, 0.717) is 21.8 Å². The highest BCUT2D eigenvalue weighted by molar-refractivity contribution is 7.15. The average molecular weight is 330 g/mol. The third kappa shape index (κ3) is 2.80. The van der Waals surface area contributed by atoms with Crippen LogP contribution in [-0.2, 0) is 6.42 Å². The van der Waals surface area contributed by atoms with Crippen molar-refractivity contribution < 1.29 is 9.53 Å². The number of carbonyl (C=O) groups is 1. The van der Waals surface area contributed by atoms with Gasteiger partial charge in [-0.2, -0.15) is 0 Å². The van der Waals surface area contributed by atoms with Crippen LogP contribution in [0, 0.1) is 0 Å². The molecule has 0 bridgehead atoms. The highest BCUT2D eigenvalue weighted by atomic mass is 32.1. The molecule has 0 aliphatic heterocycles. The molecule has 0 unspecified atom stereocenters. The second kappa shape index (κ2) is 6.17. The van der Waals surface area contributed by atoms with Gasteiger partial charge in [-0.05, 0) is 18.6 Å². The van der Waals surface area contributed by atoms with E-state index in [1.165, 1.54) is 24.6 Å². The normalized spacial score (nSPS) is 10.7. The Balaban J connectivity index is 1.98. The maximum absolute atomic E-state index is 12.5. The molecule has 8 heteroatoms. The zero-order chi connectivity index (χ0) is 16.4. The van der Waals surface area contributed by atoms with Gasteiger partial charge in [-0.15, -0.1) is 10.2 Å². The molecule has 7 nitrogen and oxygen atoms in total. The Morgan fingerprint density at radius 3 is 2.91 bits per heavy atom. The molecular formula is C15H14N4O3S. The number of nitrogens with zero attached hydrogens (tertiary/aromatic N) is 2. The molecule has 3 aromatic rings. The number of hydrogen-bond acceptors (Lipinski definition) is 6. The summed E-state index contributed by atoms with van der Waals surface area (Å²) in [7, 11) is 1.52. The van der Waals surface area contributed by atoms with E-state index >= 15 is 0 Å². The lowest BCUT2D eigenvalue weighted by Gasteiger charge is -2.06. The van der Waals surface area contributed by atoms with E-state index in [-0.39, 0.29) is 11.0 Å². The predicted molar refractivity (Wildman–Crippen MR) is 88.4 cm³/mol. The topological polar surface area (TPSA) is 97.0 Å². The van der Waals surface area contributed by atoms with Gasteiger partial charge in [-0.1, -0.05) is 24.3 Å². The lowest BCUT2D eigenvalue weighted by atomic mass is 10.1. The number of fused-ring (bicyclic) bond motifs is 1. The van der Waals surface area contributed by atoms with Crippen LogP contribution in [-0.4, -0.2) is 28.2 Å². The van der Waals surface area contributed by atoms with Crippen molar-refractivity contribution in [2.45, 2.75) is 13.3 Å². The van der Waals surface area contributed by atoms with Crippen molar-refractivity contribution in [2.75, 3.05) is 12.4 Å². The first-order chi connectivity index (χ1) is 11.1. The molecule has 0 aliphatic rings. The van der Waals surface area contributed by atoms with Crippen molar-refractivity contribution in [3.8, 4) is 5.75 Å². The minimum atomic E-state index is -0.519. The van der Waals surface area contributed by atoms with E-state index in [2.05, 4.69) is 20.5 Å². The Kier molecular flexibility index (Phi) is 4.07. The summed E-state index contributed by atoms with van der Waals surface area (Å²) in [6, 6.07) is 5.09. The minimum Gasteiger partial charge on any atom is -0.495 e. The number of amides is 1. The molecule has 0 saturated heterocycles. The van der Waals surface area contributed by atoms with E-state index in [1.807, 2.05) is 6.92 Å². The van der Waals surface area contributed by atoms with Crippen LogP contribution in [0.1, 0.15) is 22.3 Å². The summed E-state index contributed by atoms with van der Waals surface area (Å²) < 4.78 is 5.21. The Bertz CT molecular complexity index is 932. The van der Waals surface area contributed by atoms with Crippen LogP contribution in [0.4, 0.5) is 5.13 Å². The summed E-state index contributed by atoms with van der Waals surface area (Å²) in [5, 5.41) is 12.0. The summed E-state index contributed by atoms with van der Waals surface area (Å²) in [6.07, 6.45) is 2.12. The Morgan fingerprint density at radius 2 is 2.22 bits per heavy atom. The number of para-hydroxylation sites is 1. The van der Waals surface area contributed by atoms with Gasteiger partial charge in [-0.25, -0.2) is 0 Å². The number of anilines is 1. The molecule has 0 saturated carbocycles. The van der Waals surface area contributed by atoms with E-state index < -0.39 is 5.91 Å². The standard InChI is InChI=1S/C15H14N4O3S/c1-3-11-18-19-15(23-11)17-14(21)9-7-16-12-8(13(9)20)5-4-6-10(12)22-2/h4-7H,3H2,1-2H3,(H,16,20)(H,17,19,21). The number of benzene rings is 1. The summed E-state index contributed by atoms with van der Waals surface area (Å²) in [6.45, 7) is 1.95. The van der Waals surface area contributed by atoms with Gasteiger partial charge in [0.1, 0.15) is 16.3 Å². The number of aryl methyl sites for hydroxylation is 1. The third-order valence-corrected chi connectivity index (χ3v) is 4.31. The highest BCUT2D eigenvalue weighted by Crippen LogP contribution is 2.21. The molecule has 23 heavy (non-hydrogen) atoms. The molecular weight excluding hydrogens is 316 g/mol. The fraction of sp³-hybridized carbons (Fsp3) is 0.200. The second-order valence-corrected chi connectivity index (χ2v) is 5.79. The van der Waals surface area contributed by atoms with Gasteiger partial charge in [0.2, 0.25) is 10.6 Å². The molecule has 2 heterocycles. The maximum Gasteiger partial charge on any atom is 0.262 e. The summed E-state index contributed by atoms with van der Waals surface area (Å²) in [4.78, 5) is 27.8. The number of rotatable bonds is 4. The quantitative estimate of drug-likeness (QED) is 0.764. The number of methoxy groups -OCH3 is 1. The highest BCUT2D eigenvalue weighted by Gasteiger charge is 2.16. The van der Waals surface area contributed by atoms with Crippen LogP contribution >= 0.6 is 11.3 Å². The molecule has 118 valence electrons. The first kappa shape index (κ1) is 15.2. The molecule has 0 fully saturated rings. The monoisotopic (exact) mass is 330 g/mol. The Labute approximate surface area is 135 Å². The zero-order valence-corrected chi connectivity index (χ0v) is 13.4. The van der Waals surface area contributed by atoms with Crippen LogP contribution in [0.2, 0.25) is 0 Å². The van der Waals surface area contributed by atoms with E-state index in [4.69, 9.17) is 4.74 Å². The van der Waals surface area contributed by atoms with Gasteiger partial charge in [-0.3, -0.25) is 14.9 Å². The molecule has 0 spiro atoms. The first-order valence-electron chi connectivity index (χ1n) is 6.96. The molecule has 0 atom stereocenters. The second-order valence-electron chi connectivity index (χ2n) is 4.72. The lowest BCUT2D eigenvalue weighted by Crippen LogP contribution is -2.22. The fourth-order valence-electron chi connectivity index (χ4n) is 2.17.